The molecule has 1 atom stereocenters. The minimum atomic E-state index is -0.543. The first kappa shape index (κ1) is 16.1. The van der Waals surface area contributed by atoms with Crippen molar-refractivity contribution in [3.63, 3.8) is 0 Å². The molecule has 0 radical (unpaired) electrons. The van der Waals surface area contributed by atoms with E-state index in [0.717, 1.165) is 42.3 Å². The van der Waals surface area contributed by atoms with Crippen LogP contribution in [0.2, 0.25) is 0 Å². The Kier molecular flexibility index (Phi) is 3.95. The normalized spacial score (nSPS) is 24.1. The van der Waals surface area contributed by atoms with Crippen LogP contribution < -0.4 is 10.2 Å². The maximum absolute atomic E-state index is 12.9. The topological polar surface area (TPSA) is 73.0 Å². The van der Waals surface area contributed by atoms with Gasteiger partial charge in [-0.05, 0) is 18.6 Å². The molecule has 0 saturated carbocycles. The fourth-order valence-electron chi connectivity index (χ4n) is 3.98. The van der Waals surface area contributed by atoms with E-state index >= 15 is 0 Å². The molecule has 3 aliphatic heterocycles. The highest BCUT2D eigenvalue weighted by molar-refractivity contribution is 6.06. The van der Waals surface area contributed by atoms with Crippen LogP contribution in [0.5, 0.6) is 0 Å². The van der Waals surface area contributed by atoms with Gasteiger partial charge in [0.1, 0.15) is 6.04 Å². The third-order valence-electron chi connectivity index (χ3n) is 5.43. The van der Waals surface area contributed by atoms with Gasteiger partial charge in [0, 0.05) is 63.0 Å². The number of nitrogens with one attached hydrogen (secondary N) is 1. The second-order valence-electron chi connectivity index (χ2n) is 6.82. The second-order valence-corrected chi connectivity index (χ2v) is 6.82. The zero-order valence-electron chi connectivity index (χ0n) is 14.3. The summed E-state index contributed by atoms with van der Waals surface area (Å²) < 4.78 is 0. The lowest BCUT2D eigenvalue weighted by Gasteiger charge is -2.34. The zero-order valence-corrected chi connectivity index (χ0v) is 14.3. The van der Waals surface area contributed by atoms with Gasteiger partial charge in [-0.25, -0.2) is 0 Å². The number of anilines is 1. The number of amides is 3. The van der Waals surface area contributed by atoms with Crippen LogP contribution in [0.4, 0.5) is 5.69 Å². The maximum atomic E-state index is 12.9. The Morgan fingerprint density at radius 3 is 2.64 bits per heavy atom. The lowest BCUT2D eigenvalue weighted by atomic mass is 10.0. The van der Waals surface area contributed by atoms with Crippen LogP contribution in [0.3, 0.4) is 0 Å². The molecule has 1 unspecified atom stereocenters. The summed E-state index contributed by atoms with van der Waals surface area (Å²) in [5.41, 5.74) is 2.77. The number of carbonyl (C=O) groups is 3. The highest BCUT2D eigenvalue weighted by atomic mass is 16.2. The van der Waals surface area contributed by atoms with Crippen molar-refractivity contribution in [2.24, 2.45) is 0 Å². The van der Waals surface area contributed by atoms with Gasteiger partial charge in [0.2, 0.25) is 5.91 Å². The first-order chi connectivity index (χ1) is 12.1. The van der Waals surface area contributed by atoms with Gasteiger partial charge in [0.05, 0.1) is 0 Å². The monoisotopic (exact) mass is 342 g/mol. The first-order valence-electron chi connectivity index (χ1n) is 8.77. The molecule has 0 aliphatic carbocycles. The lowest BCUT2D eigenvalue weighted by Crippen LogP contribution is -2.53. The number of hydrogen-bond donors (Lipinski definition) is 1. The van der Waals surface area contributed by atoms with Gasteiger partial charge in [-0.3, -0.25) is 19.3 Å². The molecule has 2 saturated heterocycles. The molecule has 1 aromatic rings. The number of nitrogens with zero attached hydrogens (tertiary/aromatic N) is 3. The highest BCUT2D eigenvalue weighted by Gasteiger charge is 2.42. The van der Waals surface area contributed by atoms with Gasteiger partial charge < -0.3 is 15.1 Å². The molecule has 1 aromatic carbocycles. The van der Waals surface area contributed by atoms with Gasteiger partial charge >= 0.3 is 0 Å². The fourth-order valence-corrected chi connectivity index (χ4v) is 3.98. The van der Waals surface area contributed by atoms with Crippen LogP contribution in [-0.4, -0.2) is 66.8 Å². The molecule has 4 rings (SSSR count). The van der Waals surface area contributed by atoms with E-state index in [2.05, 4.69) is 16.3 Å². The second kappa shape index (κ2) is 6.15. The predicted molar refractivity (Wildman–Crippen MR) is 92.2 cm³/mol. The third kappa shape index (κ3) is 2.59. The van der Waals surface area contributed by atoms with Crippen LogP contribution in [0.25, 0.3) is 0 Å². The van der Waals surface area contributed by atoms with Crippen LogP contribution in [0.15, 0.2) is 18.2 Å². The number of rotatable bonds is 2. The molecule has 2 fully saturated rings. The highest BCUT2D eigenvalue weighted by Crippen LogP contribution is 2.34. The molecule has 7 heteroatoms. The summed E-state index contributed by atoms with van der Waals surface area (Å²) in [4.78, 5) is 42.2. The van der Waals surface area contributed by atoms with Crippen molar-refractivity contribution in [1.82, 2.24) is 15.1 Å². The molecule has 132 valence electrons. The molecule has 3 aliphatic rings. The van der Waals surface area contributed by atoms with Crippen molar-refractivity contribution < 1.29 is 14.4 Å². The Morgan fingerprint density at radius 2 is 1.88 bits per heavy atom. The fraction of sp³-hybridized carbons (Fsp3) is 0.500. The quantitative estimate of drug-likeness (QED) is 0.778. The van der Waals surface area contributed by atoms with Crippen LogP contribution in [0.1, 0.15) is 28.8 Å². The van der Waals surface area contributed by atoms with Crippen molar-refractivity contribution in [3.8, 4) is 0 Å². The van der Waals surface area contributed by atoms with E-state index in [9.17, 15) is 14.4 Å². The van der Waals surface area contributed by atoms with Crippen molar-refractivity contribution >= 4 is 23.4 Å². The average Bonchev–Trinajstić information content (AvgIpc) is 2.97. The number of imide groups is 1. The summed E-state index contributed by atoms with van der Waals surface area (Å²) in [6.45, 7) is 4.10. The van der Waals surface area contributed by atoms with Crippen molar-refractivity contribution in [2.75, 3.05) is 38.1 Å². The smallest absolute Gasteiger partial charge is 0.255 e. The molecule has 1 N–H and O–H groups in total. The maximum Gasteiger partial charge on any atom is 0.255 e. The molecular weight excluding hydrogens is 320 g/mol. The summed E-state index contributed by atoms with van der Waals surface area (Å²) in [7, 11) is 1.50. The van der Waals surface area contributed by atoms with Crippen molar-refractivity contribution in [1.29, 1.82) is 0 Å². The van der Waals surface area contributed by atoms with Gasteiger partial charge in [0.15, 0.2) is 0 Å². The number of carbonyl (C=O) groups excluding carboxylic acids is 3. The molecule has 0 spiro atoms. The summed E-state index contributed by atoms with van der Waals surface area (Å²) in [6, 6.07) is 5.26. The van der Waals surface area contributed by atoms with Crippen LogP contribution in [-0.2, 0) is 16.1 Å². The molecule has 7 nitrogen and oxygen atoms in total. The number of piperazine rings is 1. The molecule has 0 aromatic heterocycles. The summed E-state index contributed by atoms with van der Waals surface area (Å²) in [5, 5.41) is 3.34. The molecule has 25 heavy (non-hydrogen) atoms. The van der Waals surface area contributed by atoms with Gasteiger partial charge in [-0.2, -0.15) is 0 Å². The first-order valence-corrected chi connectivity index (χ1v) is 8.77. The van der Waals surface area contributed by atoms with E-state index in [1.54, 1.807) is 4.90 Å². The van der Waals surface area contributed by atoms with Crippen LogP contribution >= 0.6 is 0 Å². The number of hydrogen-bond acceptors (Lipinski definition) is 5. The predicted octanol–water partition coefficient (Wildman–Crippen LogP) is 0.199. The van der Waals surface area contributed by atoms with E-state index in [4.69, 9.17) is 0 Å². The van der Waals surface area contributed by atoms with Gasteiger partial charge in [-0.15, -0.1) is 0 Å². The summed E-state index contributed by atoms with van der Waals surface area (Å²) >= 11 is 0. The SMILES string of the molecule is CN1C(=O)CCC(N2Cc3c(cccc3N3CCNCC3)C2=O)C1=O. The minimum absolute atomic E-state index is 0.104. The van der Waals surface area contributed by atoms with Crippen molar-refractivity contribution in [3.05, 3.63) is 29.3 Å². The number of piperidine rings is 1. The van der Waals surface area contributed by atoms with E-state index in [1.165, 1.54) is 7.05 Å². The minimum Gasteiger partial charge on any atom is -0.369 e. The standard InChI is InChI=1S/C18H22N4O3/c1-20-16(23)6-5-15(18(20)25)22-11-13-12(17(22)24)3-2-4-14(13)21-9-7-19-8-10-21/h2-4,15,19H,5-11H2,1H3. The Morgan fingerprint density at radius 1 is 1.12 bits per heavy atom. The van der Waals surface area contributed by atoms with Gasteiger partial charge in [0.25, 0.3) is 11.8 Å². The number of fused-ring (bicyclic) bond motifs is 1. The van der Waals surface area contributed by atoms with E-state index < -0.39 is 6.04 Å². The van der Waals surface area contributed by atoms with E-state index in [1.807, 2.05) is 12.1 Å². The Bertz CT molecular complexity index is 742. The Balaban J connectivity index is 1.63. The Hall–Kier alpha value is -2.41. The Labute approximate surface area is 146 Å². The molecule has 3 amide bonds. The lowest BCUT2D eigenvalue weighted by molar-refractivity contribution is -0.150. The third-order valence-corrected chi connectivity index (χ3v) is 5.43. The summed E-state index contributed by atoms with van der Waals surface area (Å²) in [5.74, 6) is -0.555. The molecular formula is C18H22N4O3. The van der Waals surface area contributed by atoms with E-state index in [-0.39, 0.29) is 17.7 Å². The van der Waals surface area contributed by atoms with E-state index in [0.29, 0.717) is 24.9 Å². The zero-order chi connectivity index (χ0) is 17.6. The largest absolute Gasteiger partial charge is 0.369 e. The number of benzene rings is 1. The van der Waals surface area contributed by atoms with Gasteiger partial charge in [-0.1, -0.05) is 6.07 Å². The average molecular weight is 342 g/mol. The number of likely N-dealkylation sites (tertiary alicyclic amines) is 1. The molecule has 0 bridgehead atoms. The van der Waals surface area contributed by atoms with Crippen LogP contribution in [0, 0.1) is 0 Å². The van der Waals surface area contributed by atoms with Crippen molar-refractivity contribution in [2.45, 2.75) is 25.4 Å². The summed E-state index contributed by atoms with van der Waals surface area (Å²) in [6.07, 6.45) is 0.711. The number of likely N-dealkylation sites (N-methyl/N-ethyl adjacent to an activating group) is 1. The molecule has 3 heterocycles.